The second-order valence-electron chi connectivity index (χ2n) is 5.85. The smallest absolute Gasteiger partial charge is 0.226 e. The van der Waals surface area contributed by atoms with Gasteiger partial charge in [0.15, 0.2) is 0 Å². The maximum Gasteiger partial charge on any atom is 0.226 e. The molecule has 0 fully saturated rings. The van der Waals surface area contributed by atoms with Crippen molar-refractivity contribution in [1.82, 2.24) is 9.97 Å². The molecule has 0 bridgehead atoms. The number of hydrogen-bond acceptors (Lipinski definition) is 4. The molecular formula is C15H27N3O. The van der Waals surface area contributed by atoms with Gasteiger partial charge in [0.1, 0.15) is 0 Å². The summed E-state index contributed by atoms with van der Waals surface area (Å²) in [6.07, 6.45) is 2.45. The maximum atomic E-state index is 5.62. The van der Waals surface area contributed by atoms with Crippen LogP contribution in [-0.4, -0.2) is 22.1 Å². The summed E-state index contributed by atoms with van der Waals surface area (Å²) in [5, 5.41) is 3.35. The van der Waals surface area contributed by atoms with E-state index in [-0.39, 0.29) is 6.10 Å². The molecule has 1 aromatic heterocycles. The van der Waals surface area contributed by atoms with E-state index in [9.17, 15) is 0 Å². The molecule has 108 valence electrons. The average molecular weight is 265 g/mol. The highest BCUT2D eigenvalue weighted by Gasteiger charge is 2.08. The number of anilines is 1. The highest BCUT2D eigenvalue weighted by atomic mass is 16.5. The molecule has 0 saturated heterocycles. The Balaban J connectivity index is 2.64. The van der Waals surface area contributed by atoms with Crippen molar-refractivity contribution in [3.63, 3.8) is 0 Å². The van der Waals surface area contributed by atoms with Gasteiger partial charge in [-0.15, -0.1) is 0 Å². The number of aromatic nitrogens is 2. The van der Waals surface area contributed by atoms with Crippen LogP contribution in [0.2, 0.25) is 0 Å². The fraction of sp³-hybridized carbons (Fsp3) is 0.733. The predicted octanol–water partition coefficient (Wildman–Crippen LogP) is 3.81. The van der Waals surface area contributed by atoms with Crippen LogP contribution in [0.15, 0.2) is 6.07 Å². The lowest BCUT2D eigenvalue weighted by Gasteiger charge is -2.16. The molecule has 0 aliphatic carbocycles. The molecule has 0 aliphatic heterocycles. The van der Waals surface area contributed by atoms with E-state index in [1.807, 2.05) is 26.8 Å². The van der Waals surface area contributed by atoms with Crippen LogP contribution >= 0.6 is 0 Å². The molecule has 0 aliphatic rings. The van der Waals surface area contributed by atoms with Crippen molar-refractivity contribution >= 4 is 5.95 Å². The number of aryl methyl sites for hydroxylation is 1. The molecule has 1 atom stereocenters. The van der Waals surface area contributed by atoms with Gasteiger partial charge in [-0.3, -0.25) is 0 Å². The lowest BCUT2D eigenvalue weighted by Crippen LogP contribution is -2.18. The van der Waals surface area contributed by atoms with E-state index in [0.29, 0.717) is 17.9 Å². The molecule has 0 saturated carbocycles. The van der Waals surface area contributed by atoms with Crippen molar-refractivity contribution in [2.75, 3.05) is 5.32 Å². The van der Waals surface area contributed by atoms with Crippen LogP contribution in [0, 0.1) is 12.8 Å². The Morgan fingerprint density at radius 3 is 2.37 bits per heavy atom. The van der Waals surface area contributed by atoms with Crippen molar-refractivity contribution in [3.8, 4) is 5.88 Å². The molecule has 4 heteroatoms. The third kappa shape index (κ3) is 6.41. The van der Waals surface area contributed by atoms with Crippen LogP contribution in [-0.2, 0) is 0 Å². The van der Waals surface area contributed by atoms with Gasteiger partial charge in [0.05, 0.1) is 6.10 Å². The second kappa shape index (κ2) is 7.31. The van der Waals surface area contributed by atoms with E-state index in [1.54, 1.807) is 0 Å². The summed E-state index contributed by atoms with van der Waals surface area (Å²) in [6.45, 7) is 12.6. The summed E-state index contributed by atoms with van der Waals surface area (Å²) >= 11 is 0. The first kappa shape index (κ1) is 15.7. The fourth-order valence-electron chi connectivity index (χ4n) is 1.78. The van der Waals surface area contributed by atoms with Crippen molar-refractivity contribution in [2.24, 2.45) is 5.92 Å². The Morgan fingerprint density at radius 1 is 1.11 bits per heavy atom. The quantitative estimate of drug-likeness (QED) is 0.814. The minimum atomic E-state index is 0.125. The van der Waals surface area contributed by atoms with Crippen molar-refractivity contribution < 1.29 is 4.74 Å². The van der Waals surface area contributed by atoms with Gasteiger partial charge in [0.2, 0.25) is 11.8 Å². The normalized spacial score (nSPS) is 12.8. The molecule has 0 aromatic carbocycles. The van der Waals surface area contributed by atoms with Crippen LogP contribution in [0.25, 0.3) is 0 Å². The van der Waals surface area contributed by atoms with Crippen LogP contribution in [0.1, 0.15) is 53.2 Å². The zero-order valence-corrected chi connectivity index (χ0v) is 13.0. The molecule has 4 nitrogen and oxygen atoms in total. The van der Waals surface area contributed by atoms with E-state index in [4.69, 9.17) is 4.74 Å². The lowest BCUT2D eigenvalue weighted by molar-refractivity contribution is 0.232. The van der Waals surface area contributed by atoms with Gasteiger partial charge in [-0.25, -0.2) is 4.98 Å². The van der Waals surface area contributed by atoms with E-state index >= 15 is 0 Å². The lowest BCUT2D eigenvalue weighted by atomic mass is 10.0. The first-order valence-electron chi connectivity index (χ1n) is 7.15. The van der Waals surface area contributed by atoms with E-state index < -0.39 is 0 Å². The van der Waals surface area contributed by atoms with Gasteiger partial charge >= 0.3 is 0 Å². The van der Waals surface area contributed by atoms with Crippen molar-refractivity contribution in [3.05, 3.63) is 11.8 Å². The Morgan fingerprint density at radius 2 is 1.79 bits per heavy atom. The molecular weight excluding hydrogens is 238 g/mol. The number of rotatable bonds is 7. The minimum absolute atomic E-state index is 0.125. The molecule has 0 spiro atoms. The molecule has 1 heterocycles. The maximum absolute atomic E-state index is 5.62. The molecule has 19 heavy (non-hydrogen) atoms. The Labute approximate surface area is 117 Å². The third-order valence-corrected chi connectivity index (χ3v) is 2.74. The highest BCUT2D eigenvalue weighted by Crippen LogP contribution is 2.15. The minimum Gasteiger partial charge on any atom is -0.475 e. The van der Waals surface area contributed by atoms with E-state index in [1.165, 1.54) is 6.42 Å². The fourth-order valence-corrected chi connectivity index (χ4v) is 1.78. The standard InChI is InChI=1S/C15H27N3O/c1-10(2)7-8-12(5)16-15-17-13(6)9-14(18-15)19-11(3)4/h9-12H,7-8H2,1-6H3,(H,16,17,18). The zero-order chi connectivity index (χ0) is 14.4. The van der Waals surface area contributed by atoms with Crippen LogP contribution in [0.3, 0.4) is 0 Å². The summed E-state index contributed by atoms with van der Waals surface area (Å²) < 4.78 is 5.62. The topological polar surface area (TPSA) is 47.0 Å². The summed E-state index contributed by atoms with van der Waals surface area (Å²) in [5.74, 6) is 2.02. The average Bonchev–Trinajstić information content (AvgIpc) is 2.24. The van der Waals surface area contributed by atoms with Crippen LogP contribution in [0.5, 0.6) is 5.88 Å². The Hall–Kier alpha value is -1.32. The predicted molar refractivity (Wildman–Crippen MR) is 79.7 cm³/mol. The van der Waals surface area contributed by atoms with Crippen LogP contribution in [0.4, 0.5) is 5.95 Å². The third-order valence-electron chi connectivity index (χ3n) is 2.74. The molecule has 0 radical (unpaired) electrons. The molecule has 1 rings (SSSR count). The van der Waals surface area contributed by atoms with E-state index in [2.05, 4.69) is 36.1 Å². The van der Waals surface area contributed by atoms with Crippen molar-refractivity contribution in [2.45, 2.75) is 66.5 Å². The molecule has 1 unspecified atom stereocenters. The summed E-state index contributed by atoms with van der Waals surface area (Å²) in [4.78, 5) is 8.80. The number of nitrogens with one attached hydrogen (secondary N) is 1. The first-order chi connectivity index (χ1) is 8.86. The van der Waals surface area contributed by atoms with Gasteiger partial charge in [0, 0.05) is 17.8 Å². The Bertz CT molecular complexity index is 391. The zero-order valence-electron chi connectivity index (χ0n) is 13.0. The summed E-state index contributed by atoms with van der Waals surface area (Å²) in [7, 11) is 0. The molecule has 1 aromatic rings. The van der Waals surface area contributed by atoms with Gasteiger partial charge in [-0.1, -0.05) is 13.8 Å². The monoisotopic (exact) mass is 265 g/mol. The van der Waals surface area contributed by atoms with Gasteiger partial charge < -0.3 is 10.1 Å². The SMILES string of the molecule is Cc1cc(OC(C)C)nc(NC(C)CCC(C)C)n1. The number of ether oxygens (including phenoxy) is 1. The number of hydrogen-bond donors (Lipinski definition) is 1. The summed E-state index contributed by atoms with van der Waals surface area (Å²) in [5.41, 5.74) is 0.921. The van der Waals surface area contributed by atoms with Gasteiger partial charge in [-0.2, -0.15) is 4.98 Å². The Kier molecular flexibility index (Phi) is 6.06. The van der Waals surface area contributed by atoms with Crippen molar-refractivity contribution in [1.29, 1.82) is 0 Å². The number of nitrogens with zero attached hydrogens (tertiary/aromatic N) is 2. The van der Waals surface area contributed by atoms with E-state index in [0.717, 1.165) is 18.0 Å². The molecule has 0 amide bonds. The van der Waals surface area contributed by atoms with Crippen LogP contribution < -0.4 is 10.1 Å². The van der Waals surface area contributed by atoms with Gasteiger partial charge in [0.25, 0.3) is 0 Å². The van der Waals surface area contributed by atoms with Gasteiger partial charge in [-0.05, 0) is 46.5 Å². The first-order valence-corrected chi connectivity index (χ1v) is 7.15. The highest BCUT2D eigenvalue weighted by molar-refractivity contribution is 5.31. The summed E-state index contributed by atoms with van der Waals surface area (Å²) in [6, 6.07) is 2.24. The second-order valence-corrected chi connectivity index (χ2v) is 5.85. The largest absolute Gasteiger partial charge is 0.475 e. The molecule has 1 N–H and O–H groups in total.